The predicted molar refractivity (Wildman–Crippen MR) is 69.8 cm³/mol. The van der Waals surface area contributed by atoms with Crippen LogP contribution in [-0.4, -0.2) is 4.98 Å². The van der Waals surface area contributed by atoms with Crippen LogP contribution in [0.5, 0.6) is 0 Å². The van der Waals surface area contributed by atoms with Crippen LogP contribution >= 0.6 is 0 Å². The van der Waals surface area contributed by atoms with E-state index in [1.165, 1.54) is 24.0 Å². The van der Waals surface area contributed by atoms with Crippen LogP contribution < -0.4 is 0 Å². The summed E-state index contributed by atoms with van der Waals surface area (Å²) in [6.07, 6.45) is 7.72. The van der Waals surface area contributed by atoms with E-state index >= 15 is 0 Å². The molecule has 0 bridgehead atoms. The Morgan fingerprint density at radius 1 is 1.00 bits per heavy atom. The highest BCUT2D eigenvalue weighted by molar-refractivity contribution is 5.25. The lowest BCUT2D eigenvalue weighted by atomic mass is 9.88. The molecule has 1 nitrogen and oxygen atoms in total. The summed E-state index contributed by atoms with van der Waals surface area (Å²) in [5, 5.41) is 0. The van der Waals surface area contributed by atoms with Gasteiger partial charge in [-0.25, -0.2) is 0 Å². The Kier molecular flexibility index (Phi) is 2.91. The first kappa shape index (κ1) is 10.5. The largest absolute Gasteiger partial charge is 0.265 e. The fraction of sp³-hybridized carbons (Fsp3) is 0.312. The van der Waals surface area contributed by atoms with E-state index in [1.807, 2.05) is 12.4 Å². The molecule has 1 aromatic carbocycles. The second-order valence-electron chi connectivity index (χ2n) is 4.91. The zero-order chi connectivity index (χ0) is 11.5. The van der Waals surface area contributed by atoms with Gasteiger partial charge in [-0.15, -0.1) is 0 Å². The Bertz CT molecular complexity index is 459. The molecule has 2 aromatic rings. The molecule has 3 rings (SSSR count). The van der Waals surface area contributed by atoms with E-state index < -0.39 is 0 Å². The number of rotatable bonds is 4. The molecule has 0 spiro atoms. The van der Waals surface area contributed by atoms with Gasteiger partial charge in [0.05, 0.1) is 0 Å². The third-order valence-corrected chi connectivity index (χ3v) is 3.62. The van der Waals surface area contributed by atoms with Crippen molar-refractivity contribution in [1.29, 1.82) is 0 Å². The minimum atomic E-state index is 0.693. The number of aromatic nitrogens is 1. The molecule has 1 heterocycles. The molecule has 1 aromatic heterocycles. The molecule has 1 saturated carbocycles. The molecule has 1 aliphatic carbocycles. The molecule has 1 unspecified atom stereocenters. The van der Waals surface area contributed by atoms with Crippen molar-refractivity contribution in [3.63, 3.8) is 0 Å². The Balaban J connectivity index is 1.82. The molecule has 0 amide bonds. The lowest BCUT2D eigenvalue weighted by Gasteiger charge is -2.16. The van der Waals surface area contributed by atoms with Gasteiger partial charge in [-0.05, 0) is 54.4 Å². The predicted octanol–water partition coefficient (Wildman–Crippen LogP) is 3.82. The maximum Gasteiger partial charge on any atom is 0.0270 e. The first-order valence-electron chi connectivity index (χ1n) is 6.37. The van der Waals surface area contributed by atoms with Gasteiger partial charge in [0, 0.05) is 12.4 Å². The van der Waals surface area contributed by atoms with Gasteiger partial charge >= 0.3 is 0 Å². The van der Waals surface area contributed by atoms with E-state index in [0.29, 0.717) is 5.92 Å². The second-order valence-corrected chi connectivity index (χ2v) is 4.91. The van der Waals surface area contributed by atoms with Crippen molar-refractivity contribution < 1.29 is 0 Å². The van der Waals surface area contributed by atoms with Crippen molar-refractivity contribution in [1.82, 2.24) is 4.98 Å². The topological polar surface area (TPSA) is 12.9 Å². The summed E-state index contributed by atoms with van der Waals surface area (Å²) in [5.74, 6) is 1.59. The minimum Gasteiger partial charge on any atom is -0.265 e. The Hall–Kier alpha value is -1.63. The molecule has 17 heavy (non-hydrogen) atoms. The lowest BCUT2D eigenvalue weighted by Crippen LogP contribution is -2.05. The van der Waals surface area contributed by atoms with E-state index in [0.717, 1.165) is 12.3 Å². The summed E-state index contributed by atoms with van der Waals surface area (Å²) in [6, 6.07) is 15.2. The van der Waals surface area contributed by atoms with Crippen molar-refractivity contribution in [2.75, 3.05) is 0 Å². The van der Waals surface area contributed by atoms with Crippen LogP contribution in [-0.2, 0) is 6.42 Å². The molecule has 0 N–H and O–H groups in total. The van der Waals surface area contributed by atoms with Crippen molar-refractivity contribution >= 4 is 0 Å². The van der Waals surface area contributed by atoms with Crippen LogP contribution in [0.3, 0.4) is 0 Å². The number of hydrogen-bond acceptors (Lipinski definition) is 1. The highest BCUT2D eigenvalue weighted by atomic mass is 14.6. The average molecular weight is 223 g/mol. The summed E-state index contributed by atoms with van der Waals surface area (Å²) >= 11 is 0. The molecule has 86 valence electrons. The van der Waals surface area contributed by atoms with E-state index in [1.54, 1.807) is 0 Å². The molecule has 0 aliphatic heterocycles. The van der Waals surface area contributed by atoms with E-state index in [2.05, 4.69) is 47.4 Å². The van der Waals surface area contributed by atoms with E-state index in [4.69, 9.17) is 0 Å². The zero-order valence-electron chi connectivity index (χ0n) is 9.92. The van der Waals surface area contributed by atoms with Crippen LogP contribution in [0.25, 0.3) is 0 Å². The van der Waals surface area contributed by atoms with Crippen molar-refractivity contribution in [3.8, 4) is 0 Å². The van der Waals surface area contributed by atoms with Crippen LogP contribution in [0.4, 0.5) is 0 Å². The summed E-state index contributed by atoms with van der Waals surface area (Å²) in [5.41, 5.74) is 2.90. The van der Waals surface area contributed by atoms with Gasteiger partial charge in [0.25, 0.3) is 0 Å². The third-order valence-electron chi connectivity index (χ3n) is 3.62. The summed E-state index contributed by atoms with van der Waals surface area (Å²) in [4.78, 5) is 4.09. The van der Waals surface area contributed by atoms with Crippen LogP contribution in [0.1, 0.15) is 29.9 Å². The summed E-state index contributed by atoms with van der Waals surface area (Å²) in [7, 11) is 0. The quantitative estimate of drug-likeness (QED) is 0.768. The van der Waals surface area contributed by atoms with E-state index in [9.17, 15) is 0 Å². The smallest absolute Gasteiger partial charge is 0.0270 e. The molecular formula is C16H17N. The molecule has 1 heteroatoms. The SMILES string of the molecule is c1ccc(C(Cc2ccncc2)C2CC2)cc1. The first-order chi connectivity index (χ1) is 8.43. The van der Waals surface area contributed by atoms with Gasteiger partial charge in [0.2, 0.25) is 0 Å². The zero-order valence-corrected chi connectivity index (χ0v) is 9.92. The Morgan fingerprint density at radius 3 is 2.35 bits per heavy atom. The van der Waals surface area contributed by atoms with Gasteiger partial charge in [-0.3, -0.25) is 4.98 Å². The number of pyridine rings is 1. The van der Waals surface area contributed by atoms with Gasteiger partial charge in [-0.1, -0.05) is 30.3 Å². The Labute approximate surface area is 103 Å². The fourth-order valence-electron chi connectivity index (χ4n) is 2.53. The summed E-state index contributed by atoms with van der Waals surface area (Å²) in [6.45, 7) is 0. The van der Waals surface area contributed by atoms with Crippen LogP contribution in [0, 0.1) is 5.92 Å². The molecular weight excluding hydrogens is 206 g/mol. The number of benzene rings is 1. The average Bonchev–Trinajstić information content (AvgIpc) is 3.23. The van der Waals surface area contributed by atoms with Gasteiger partial charge in [0.15, 0.2) is 0 Å². The normalized spacial score (nSPS) is 16.7. The lowest BCUT2D eigenvalue weighted by molar-refractivity contribution is 0.602. The molecule has 1 aliphatic rings. The number of hydrogen-bond donors (Lipinski definition) is 0. The summed E-state index contributed by atoms with van der Waals surface area (Å²) < 4.78 is 0. The van der Waals surface area contributed by atoms with Crippen molar-refractivity contribution in [3.05, 3.63) is 66.0 Å². The van der Waals surface area contributed by atoms with Gasteiger partial charge in [0.1, 0.15) is 0 Å². The molecule has 1 fully saturated rings. The Morgan fingerprint density at radius 2 is 1.71 bits per heavy atom. The van der Waals surface area contributed by atoms with Gasteiger partial charge < -0.3 is 0 Å². The first-order valence-corrected chi connectivity index (χ1v) is 6.37. The number of nitrogens with zero attached hydrogens (tertiary/aromatic N) is 1. The van der Waals surface area contributed by atoms with Crippen molar-refractivity contribution in [2.45, 2.75) is 25.2 Å². The van der Waals surface area contributed by atoms with E-state index in [-0.39, 0.29) is 0 Å². The highest BCUT2D eigenvalue weighted by Gasteiger charge is 2.31. The molecule has 0 radical (unpaired) electrons. The molecule has 0 saturated heterocycles. The monoisotopic (exact) mass is 223 g/mol. The fourth-order valence-corrected chi connectivity index (χ4v) is 2.53. The third kappa shape index (κ3) is 2.55. The maximum absolute atomic E-state index is 4.09. The molecule has 1 atom stereocenters. The standard InChI is InChI=1S/C16H17N/c1-2-4-14(5-3-1)16(15-6-7-15)12-13-8-10-17-11-9-13/h1-5,8-11,15-16H,6-7,12H2. The minimum absolute atomic E-state index is 0.693. The van der Waals surface area contributed by atoms with Gasteiger partial charge in [-0.2, -0.15) is 0 Å². The van der Waals surface area contributed by atoms with Crippen molar-refractivity contribution in [2.24, 2.45) is 5.92 Å². The maximum atomic E-state index is 4.09. The highest BCUT2D eigenvalue weighted by Crippen LogP contribution is 2.44. The van der Waals surface area contributed by atoms with Crippen LogP contribution in [0.2, 0.25) is 0 Å². The second kappa shape index (κ2) is 4.70. The van der Waals surface area contributed by atoms with Crippen LogP contribution in [0.15, 0.2) is 54.9 Å².